The molecule has 0 radical (unpaired) electrons. The second kappa shape index (κ2) is 12.7. The summed E-state index contributed by atoms with van der Waals surface area (Å²) in [5.74, 6) is 1.63. The van der Waals surface area contributed by atoms with Gasteiger partial charge in [-0.25, -0.2) is 4.99 Å². The average molecular weight is 453 g/mol. The van der Waals surface area contributed by atoms with Crippen LogP contribution in [0.1, 0.15) is 33.6 Å². The molecule has 0 aromatic rings. The number of hydrogen-bond acceptors (Lipinski definition) is 3. The molecule has 0 aliphatic carbocycles. The van der Waals surface area contributed by atoms with E-state index in [-0.39, 0.29) is 36.4 Å². The highest BCUT2D eigenvalue weighted by molar-refractivity contribution is 14.0. The maximum Gasteiger partial charge on any atom is 0.243 e. The minimum atomic E-state index is 0. The molecule has 24 heavy (non-hydrogen) atoms. The van der Waals surface area contributed by atoms with Gasteiger partial charge in [0.15, 0.2) is 5.96 Å². The van der Waals surface area contributed by atoms with Crippen molar-refractivity contribution in [2.45, 2.75) is 33.6 Å². The first-order valence-electron chi connectivity index (χ1n) is 8.89. The van der Waals surface area contributed by atoms with Crippen LogP contribution in [0.5, 0.6) is 0 Å². The minimum Gasteiger partial charge on any atom is -0.356 e. The van der Waals surface area contributed by atoms with E-state index in [0.29, 0.717) is 5.92 Å². The van der Waals surface area contributed by atoms with Crippen LogP contribution in [0, 0.1) is 5.92 Å². The van der Waals surface area contributed by atoms with E-state index in [9.17, 15) is 4.79 Å². The van der Waals surface area contributed by atoms with Crippen LogP contribution in [0.15, 0.2) is 4.99 Å². The SMILES string of the molecule is CCCCNC(=NCC(=O)N(C)C)N1CCN(CC(C)C)CC1.I. The second-order valence-electron chi connectivity index (χ2n) is 6.89. The van der Waals surface area contributed by atoms with Crippen LogP contribution >= 0.6 is 24.0 Å². The molecule has 1 aliphatic rings. The number of guanidine groups is 1. The molecule has 0 atom stereocenters. The molecule has 1 saturated heterocycles. The lowest BCUT2D eigenvalue weighted by Crippen LogP contribution is -2.53. The van der Waals surface area contributed by atoms with Crippen molar-refractivity contribution in [2.24, 2.45) is 10.9 Å². The topological polar surface area (TPSA) is 51.2 Å². The van der Waals surface area contributed by atoms with Crippen LogP contribution in [0.25, 0.3) is 0 Å². The van der Waals surface area contributed by atoms with E-state index >= 15 is 0 Å². The molecule has 1 amide bonds. The Morgan fingerprint density at radius 2 is 1.83 bits per heavy atom. The van der Waals surface area contributed by atoms with Crippen molar-refractivity contribution in [3.8, 4) is 0 Å². The maximum atomic E-state index is 11.8. The van der Waals surface area contributed by atoms with E-state index in [1.165, 1.54) is 0 Å². The number of carbonyl (C=O) groups is 1. The number of halogens is 1. The minimum absolute atomic E-state index is 0. The summed E-state index contributed by atoms with van der Waals surface area (Å²) in [4.78, 5) is 22.7. The van der Waals surface area contributed by atoms with Gasteiger partial charge in [0.25, 0.3) is 0 Å². The van der Waals surface area contributed by atoms with Gasteiger partial charge in [-0.3, -0.25) is 9.69 Å². The summed E-state index contributed by atoms with van der Waals surface area (Å²) in [6.45, 7) is 13.1. The first-order chi connectivity index (χ1) is 10.9. The van der Waals surface area contributed by atoms with Crippen molar-refractivity contribution in [2.75, 3.05) is 59.9 Å². The number of hydrogen-bond donors (Lipinski definition) is 1. The molecule has 6 nitrogen and oxygen atoms in total. The van der Waals surface area contributed by atoms with Gasteiger partial charge in [0.05, 0.1) is 0 Å². The first kappa shape index (κ1) is 23.4. The Balaban J connectivity index is 0.00000529. The summed E-state index contributed by atoms with van der Waals surface area (Å²) in [5.41, 5.74) is 0. The third-order valence-electron chi connectivity index (χ3n) is 3.97. The van der Waals surface area contributed by atoms with Crippen LogP contribution in [0.3, 0.4) is 0 Å². The van der Waals surface area contributed by atoms with Crippen molar-refractivity contribution in [1.29, 1.82) is 0 Å². The smallest absolute Gasteiger partial charge is 0.243 e. The average Bonchev–Trinajstić information content (AvgIpc) is 2.50. The quantitative estimate of drug-likeness (QED) is 0.276. The molecule has 0 unspecified atom stereocenters. The largest absolute Gasteiger partial charge is 0.356 e. The molecule has 0 aromatic heterocycles. The number of piperazine rings is 1. The monoisotopic (exact) mass is 453 g/mol. The van der Waals surface area contributed by atoms with Crippen LogP contribution in [-0.4, -0.2) is 86.5 Å². The van der Waals surface area contributed by atoms with Crippen molar-refractivity contribution in [3.05, 3.63) is 0 Å². The van der Waals surface area contributed by atoms with Crippen LogP contribution in [0.4, 0.5) is 0 Å². The molecule has 1 heterocycles. The third kappa shape index (κ3) is 9.05. The Hall–Kier alpha value is -0.570. The van der Waals surface area contributed by atoms with E-state index < -0.39 is 0 Å². The van der Waals surface area contributed by atoms with Gasteiger partial charge in [0, 0.05) is 53.4 Å². The van der Waals surface area contributed by atoms with Gasteiger partial charge >= 0.3 is 0 Å². The molecule has 0 bridgehead atoms. The predicted molar refractivity (Wildman–Crippen MR) is 112 cm³/mol. The maximum absolute atomic E-state index is 11.8. The number of carbonyl (C=O) groups excluding carboxylic acids is 1. The zero-order chi connectivity index (χ0) is 17.2. The van der Waals surface area contributed by atoms with Crippen molar-refractivity contribution < 1.29 is 4.79 Å². The van der Waals surface area contributed by atoms with Gasteiger partial charge < -0.3 is 15.1 Å². The number of unbranched alkanes of at least 4 members (excludes halogenated alkanes) is 1. The molecule has 0 aromatic carbocycles. The van der Waals surface area contributed by atoms with Gasteiger partial charge in [-0.1, -0.05) is 27.2 Å². The first-order valence-corrected chi connectivity index (χ1v) is 8.89. The molecule has 1 fully saturated rings. The lowest BCUT2D eigenvalue weighted by Gasteiger charge is -2.37. The van der Waals surface area contributed by atoms with Crippen LogP contribution < -0.4 is 5.32 Å². The normalized spacial score (nSPS) is 16.1. The molecule has 7 heteroatoms. The Morgan fingerprint density at radius 3 is 2.33 bits per heavy atom. The highest BCUT2D eigenvalue weighted by atomic mass is 127. The predicted octanol–water partition coefficient (Wildman–Crippen LogP) is 1.71. The Kier molecular flexibility index (Phi) is 12.4. The summed E-state index contributed by atoms with van der Waals surface area (Å²) in [6, 6.07) is 0. The summed E-state index contributed by atoms with van der Waals surface area (Å²) >= 11 is 0. The van der Waals surface area contributed by atoms with E-state index in [4.69, 9.17) is 0 Å². The molecule has 142 valence electrons. The van der Waals surface area contributed by atoms with E-state index in [1.54, 1.807) is 19.0 Å². The van der Waals surface area contributed by atoms with Crippen LogP contribution in [0.2, 0.25) is 0 Å². The van der Waals surface area contributed by atoms with E-state index in [2.05, 4.69) is 40.9 Å². The highest BCUT2D eigenvalue weighted by Gasteiger charge is 2.20. The summed E-state index contributed by atoms with van der Waals surface area (Å²) in [7, 11) is 3.54. The van der Waals surface area contributed by atoms with Gasteiger partial charge in [-0.2, -0.15) is 0 Å². The molecule has 0 saturated carbocycles. The zero-order valence-electron chi connectivity index (χ0n) is 16.0. The lowest BCUT2D eigenvalue weighted by molar-refractivity contribution is -0.127. The standard InChI is InChI=1S/C17H35N5O.HI/c1-6-7-8-18-17(19-13-16(23)20(4)5)22-11-9-21(10-12-22)14-15(2)3;/h15H,6-14H2,1-5H3,(H,18,19);1H. The number of nitrogens with zero attached hydrogens (tertiary/aromatic N) is 4. The lowest BCUT2D eigenvalue weighted by atomic mass is 10.2. The van der Waals surface area contributed by atoms with Crippen molar-refractivity contribution in [1.82, 2.24) is 20.0 Å². The molecular weight excluding hydrogens is 417 g/mol. The number of rotatable bonds is 7. The van der Waals surface area contributed by atoms with Crippen molar-refractivity contribution in [3.63, 3.8) is 0 Å². The van der Waals surface area contributed by atoms with E-state index in [1.807, 2.05) is 0 Å². The summed E-state index contributed by atoms with van der Waals surface area (Å²) < 4.78 is 0. The van der Waals surface area contributed by atoms with Crippen molar-refractivity contribution >= 4 is 35.8 Å². The fourth-order valence-electron chi connectivity index (χ4n) is 2.59. The molecule has 1 rings (SSSR count). The van der Waals surface area contributed by atoms with E-state index in [0.717, 1.165) is 58.1 Å². The van der Waals surface area contributed by atoms with Gasteiger partial charge in [-0.05, 0) is 12.3 Å². The summed E-state index contributed by atoms with van der Waals surface area (Å²) in [5, 5.41) is 3.43. The Morgan fingerprint density at radius 1 is 1.21 bits per heavy atom. The third-order valence-corrected chi connectivity index (χ3v) is 3.97. The number of amides is 1. The highest BCUT2D eigenvalue weighted by Crippen LogP contribution is 2.06. The van der Waals surface area contributed by atoms with Crippen LogP contribution in [-0.2, 0) is 4.79 Å². The van der Waals surface area contributed by atoms with Gasteiger partial charge in [-0.15, -0.1) is 24.0 Å². The number of likely N-dealkylation sites (N-methyl/N-ethyl adjacent to an activating group) is 1. The fourth-order valence-corrected chi connectivity index (χ4v) is 2.59. The molecular formula is C17H36IN5O. The zero-order valence-corrected chi connectivity index (χ0v) is 18.4. The summed E-state index contributed by atoms with van der Waals surface area (Å²) in [6.07, 6.45) is 2.27. The molecule has 1 aliphatic heterocycles. The second-order valence-corrected chi connectivity index (χ2v) is 6.89. The van der Waals surface area contributed by atoms with Gasteiger partial charge in [0.1, 0.15) is 6.54 Å². The number of nitrogens with one attached hydrogen (secondary N) is 1. The number of aliphatic imine (C=N–C) groups is 1. The fraction of sp³-hybridized carbons (Fsp3) is 0.882. The molecule has 0 spiro atoms. The van der Waals surface area contributed by atoms with Gasteiger partial charge in [0.2, 0.25) is 5.91 Å². The molecule has 1 N–H and O–H groups in total. The Labute approximate surface area is 165 Å². The Bertz CT molecular complexity index is 379.